The fraction of sp³-hybridized carbons (Fsp3) is 0.615. The molecule has 0 aromatic carbocycles. The Labute approximate surface area is 90.1 Å². The van der Waals surface area contributed by atoms with Gasteiger partial charge in [0.2, 0.25) is 0 Å². The lowest BCUT2D eigenvalue weighted by molar-refractivity contribution is 0.315. The molecule has 0 aromatic rings. The first-order valence-corrected chi connectivity index (χ1v) is 5.73. The van der Waals surface area contributed by atoms with Crippen molar-refractivity contribution in [2.24, 2.45) is 11.8 Å². The molecule has 83 valence electrons. The van der Waals surface area contributed by atoms with Gasteiger partial charge >= 0.3 is 0 Å². The Kier molecular flexibility index (Phi) is 3.22. The highest BCUT2D eigenvalue weighted by molar-refractivity contribution is 5.34. The summed E-state index contributed by atoms with van der Waals surface area (Å²) >= 11 is 0. The van der Waals surface area contributed by atoms with Gasteiger partial charge in [0.25, 0.3) is 0 Å². The van der Waals surface area contributed by atoms with Gasteiger partial charge in [-0.3, -0.25) is 0 Å². The van der Waals surface area contributed by atoms with E-state index in [2.05, 4.69) is 6.92 Å². The highest BCUT2D eigenvalue weighted by Gasteiger charge is 2.25. The molecule has 2 aliphatic carbocycles. The molecule has 1 saturated carbocycles. The van der Waals surface area contributed by atoms with Crippen LogP contribution in [0.2, 0.25) is 0 Å². The molecule has 2 aliphatic rings. The number of hydrogen-bond donors (Lipinski definition) is 0. The van der Waals surface area contributed by atoms with Gasteiger partial charge in [0.1, 0.15) is 5.83 Å². The van der Waals surface area contributed by atoms with Crippen molar-refractivity contribution in [1.29, 1.82) is 0 Å². The normalized spacial score (nSPS) is 37.1. The van der Waals surface area contributed by atoms with Crippen molar-refractivity contribution < 1.29 is 8.78 Å². The molecule has 0 saturated heterocycles. The summed E-state index contributed by atoms with van der Waals surface area (Å²) in [5, 5.41) is 0. The molecule has 1 radical (unpaired) electrons. The Balaban J connectivity index is 1.98. The van der Waals surface area contributed by atoms with Gasteiger partial charge in [0, 0.05) is 6.42 Å². The summed E-state index contributed by atoms with van der Waals surface area (Å²) in [6, 6.07) is 0. The van der Waals surface area contributed by atoms with E-state index in [1.165, 1.54) is 25.0 Å². The first-order valence-electron chi connectivity index (χ1n) is 5.73. The number of rotatable bonds is 1. The lowest BCUT2D eigenvalue weighted by Crippen LogP contribution is -2.17. The van der Waals surface area contributed by atoms with Crippen molar-refractivity contribution in [2.45, 2.75) is 38.8 Å². The van der Waals surface area contributed by atoms with Gasteiger partial charge in [-0.1, -0.05) is 25.3 Å². The molecular weight excluding hydrogens is 194 g/mol. The topological polar surface area (TPSA) is 0 Å². The number of hydrogen-bond acceptors (Lipinski definition) is 0. The molecule has 0 N–H and O–H groups in total. The van der Waals surface area contributed by atoms with E-state index in [1.807, 2.05) is 0 Å². The SMILES string of the molecule is CC1CCC(C2=CC(F)C(F)=C[CH]2)CC1. The minimum Gasteiger partial charge on any atom is -0.235 e. The van der Waals surface area contributed by atoms with Crippen LogP contribution >= 0.6 is 0 Å². The van der Waals surface area contributed by atoms with Crippen molar-refractivity contribution in [2.75, 3.05) is 0 Å². The monoisotopic (exact) mass is 211 g/mol. The standard InChI is InChI=1S/C13H17F2/c1-9-2-4-10(5-3-9)11-6-7-12(14)13(15)8-11/h6-10,13H,2-5H2,1H3. The quantitative estimate of drug-likeness (QED) is 0.611. The zero-order valence-corrected chi connectivity index (χ0v) is 9.05. The molecule has 15 heavy (non-hydrogen) atoms. The third-order valence-corrected chi connectivity index (χ3v) is 3.52. The van der Waals surface area contributed by atoms with E-state index in [1.54, 1.807) is 6.42 Å². The number of allylic oxidation sites excluding steroid dienone is 4. The van der Waals surface area contributed by atoms with Crippen LogP contribution < -0.4 is 0 Å². The first kappa shape index (κ1) is 10.8. The van der Waals surface area contributed by atoms with Crippen LogP contribution in [0.5, 0.6) is 0 Å². The zero-order valence-electron chi connectivity index (χ0n) is 9.05. The average molecular weight is 211 g/mol. The minimum absolute atomic E-state index is 0.448. The highest BCUT2D eigenvalue weighted by Crippen LogP contribution is 2.36. The number of alkyl halides is 1. The molecule has 2 heteroatoms. The van der Waals surface area contributed by atoms with E-state index in [0.717, 1.165) is 24.3 Å². The van der Waals surface area contributed by atoms with Gasteiger partial charge in [0.15, 0.2) is 6.17 Å². The largest absolute Gasteiger partial charge is 0.235 e. The van der Waals surface area contributed by atoms with Crippen molar-refractivity contribution >= 4 is 0 Å². The Bertz CT molecular complexity index is 283. The van der Waals surface area contributed by atoms with Crippen LogP contribution in [0.25, 0.3) is 0 Å². The van der Waals surface area contributed by atoms with Crippen LogP contribution in [0.4, 0.5) is 8.78 Å². The lowest BCUT2D eigenvalue weighted by atomic mass is 9.77. The fourth-order valence-electron chi connectivity index (χ4n) is 2.44. The summed E-state index contributed by atoms with van der Waals surface area (Å²) in [5.41, 5.74) is 0.996. The van der Waals surface area contributed by atoms with E-state index >= 15 is 0 Å². The maximum absolute atomic E-state index is 13.1. The van der Waals surface area contributed by atoms with E-state index in [4.69, 9.17) is 0 Å². The van der Waals surface area contributed by atoms with E-state index in [-0.39, 0.29) is 0 Å². The van der Waals surface area contributed by atoms with Gasteiger partial charge in [-0.25, -0.2) is 8.78 Å². The maximum atomic E-state index is 13.1. The predicted molar refractivity (Wildman–Crippen MR) is 57.6 cm³/mol. The molecule has 0 nitrogen and oxygen atoms in total. The zero-order chi connectivity index (χ0) is 10.8. The Morgan fingerprint density at radius 1 is 1.20 bits per heavy atom. The van der Waals surface area contributed by atoms with Gasteiger partial charge in [-0.05, 0) is 36.8 Å². The van der Waals surface area contributed by atoms with Crippen molar-refractivity contribution in [3.8, 4) is 0 Å². The van der Waals surface area contributed by atoms with Crippen molar-refractivity contribution in [1.82, 2.24) is 0 Å². The van der Waals surface area contributed by atoms with Crippen molar-refractivity contribution in [3.05, 3.63) is 30.0 Å². The molecule has 0 amide bonds. The maximum Gasteiger partial charge on any atom is 0.169 e. The summed E-state index contributed by atoms with van der Waals surface area (Å²) in [4.78, 5) is 0. The molecule has 0 spiro atoms. The summed E-state index contributed by atoms with van der Waals surface area (Å²) in [7, 11) is 0. The molecule has 0 aliphatic heterocycles. The van der Waals surface area contributed by atoms with E-state index in [0.29, 0.717) is 5.92 Å². The van der Waals surface area contributed by atoms with Gasteiger partial charge in [-0.15, -0.1) is 0 Å². The smallest absolute Gasteiger partial charge is 0.169 e. The van der Waals surface area contributed by atoms with E-state index < -0.39 is 12.0 Å². The Morgan fingerprint density at radius 3 is 2.47 bits per heavy atom. The molecule has 0 bridgehead atoms. The molecule has 1 atom stereocenters. The fourth-order valence-corrected chi connectivity index (χ4v) is 2.44. The lowest BCUT2D eigenvalue weighted by Gasteiger charge is -2.29. The first-order chi connectivity index (χ1) is 7.16. The molecular formula is C13H17F2. The second-order valence-corrected chi connectivity index (χ2v) is 4.74. The van der Waals surface area contributed by atoms with Crippen LogP contribution in [0.3, 0.4) is 0 Å². The van der Waals surface area contributed by atoms with Gasteiger partial charge in [0.05, 0.1) is 0 Å². The van der Waals surface area contributed by atoms with Crippen molar-refractivity contribution in [3.63, 3.8) is 0 Å². The second-order valence-electron chi connectivity index (χ2n) is 4.74. The Morgan fingerprint density at radius 2 is 1.87 bits per heavy atom. The average Bonchev–Trinajstić information content (AvgIpc) is 2.23. The molecule has 1 unspecified atom stereocenters. The molecule has 0 aromatic heterocycles. The third kappa shape index (κ3) is 2.47. The summed E-state index contributed by atoms with van der Waals surface area (Å²) in [6.45, 7) is 2.26. The molecule has 1 fully saturated rings. The van der Waals surface area contributed by atoms with E-state index in [9.17, 15) is 8.78 Å². The third-order valence-electron chi connectivity index (χ3n) is 3.52. The summed E-state index contributed by atoms with van der Waals surface area (Å²) in [5.74, 6) is 0.575. The Hall–Kier alpha value is -0.660. The molecule has 0 heterocycles. The van der Waals surface area contributed by atoms with Crippen LogP contribution in [0.15, 0.2) is 23.6 Å². The summed E-state index contributed by atoms with van der Waals surface area (Å²) < 4.78 is 25.9. The van der Waals surface area contributed by atoms with Gasteiger partial charge < -0.3 is 0 Å². The van der Waals surface area contributed by atoms with Gasteiger partial charge in [-0.2, -0.15) is 0 Å². The number of halogens is 2. The molecule has 2 rings (SSSR count). The highest BCUT2D eigenvalue weighted by atomic mass is 19.2. The van der Waals surface area contributed by atoms with Crippen LogP contribution in [0.1, 0.15) is 32.6 Å². The van der Waals surface area contributed by atoms with Crippen LogP contribution in [-0.2, 0) is 0 Å². The minimum atomic E-state index is -1.51. The van der Waals surface area contributed by atoms with Crippen LogP contribution in [0, 0.1) is 18.3 Å². The summed E-state index contributed by atoms with van der Waals surface area (Å²) in [6.07, 6.45) is 7.60. The predicted octanol–water partition coefficient (Wildman–Crippen LogP) is 4.15. The second kappa shape index (κ2) is 4.46. The van der Waals surface area contributed by atoms with Crippen LogP contribution in [-0.4, -0.2) is 6.17 Å².